The molecule has 1 unspecified atom stereocenters. The quantitative estimate of drug-likeness (QED) is 0.810. The summed E-state index contributed by atoms with van der Waals surface area (Å²) in [5.74, 6) is 0.418. The van der Waals surface area contributed by atoms with E-state index < -0.39 is 0 Å². The molecule has 0 spiro atoms. The van der Waals surface area contributed by atoms with Crippen LogP contribution in [0.2, 0.25) is 0 Å². The van der Waals surface area contributed by atoms with Crippen LogP contribution in [-0.4, -0.2) is 6.04 Å². The first-order valence-corrected chi connectivity index (χ1v) is 5.49. The Morgan fingerprint density at radius 2 is 2.00 bits per heavy atom. The normalized spacial score (nSPS) is 13.2. The van der Waals surface area contributed by atoms with E-state index in [4.69, 9.17) is 5.73 Å². The number of nitrogens with two attached hydrogens (primary N) is 1. The van der Waals surface area contributed by atoms with Crippen LogP contribution in [0.25, 0.3) is 0 Å². The first-order valence-electron chi connectivity index (χ1n) is 5.49. The number of hydrogen-bond acceptors (Lipinski definition) is 1. The summed E-state index contributed by atoms with van der Waals surface area (Å²) in [5, 5.41) is 0. The van der Waals surface area contributed by atoms with Gasteiger partial charge in [0.05, 0.1) is 0 Å². The zero-order valence-corrected chi connectivity index (χ0v) is 9.76. The Bertz CT molecular complexity index is 320. The number of rotatable bonds is 4. The van der Waals surface area contributed by atoms with Crippen molar-refractivity contribution in [1.29, 1.82) is 0 Å². The number of halogens is 1. The molecule has 1 aromatic carbocycles. The average molecular weight is 209 g/mol. The predicted molar refractivity (Wildman–Crippen MR) is 62.3 cm³/mol. The highest BCUT2D eigenvalue weighted by Gasteiger charge is 2.09. The van der Waals surface area contributed by atoms with E-state index in [1.165, 1.54) is 6.07 Å². The zero-order valence-electron chi connectivity index (χ0n) is 9.76. The van der Waals surface area contributed by atoms with Gasteiger partial charge in [0.25, 0.3) is 0 Å². The fraction of sp³-hybridized carbons (Fsp3) is 0.538. The molecule has 84 valence electrons. The molecule has 2 heteroatoms. The molecule has 1 rings (SSSR count). The molecular weight excluding hydrogens is 189 g/mol. The first-order chi connectivity index (χ1) is 6.99. The standard InChI is InChI=1S/C13H20FN/c1-9(2)6-13(15)8-11-7-12(14)5-4-10(11)3/h4-5,7,9,13H,6,8,15H2,1-3H3. The van der Waals surface area contributed by atoms with Crippen LogP contribution in [0.1, 0.15) is 31.4 Å². The highest BCUT2D eigenvalue weighted by molar-refractivity contribution is 5.27. The lowest BCUT2D eigenvalue weighted by Crippen LogP contribution is -2.25. The van der Waals surface area contributed by atoms with Crippen molar-refractivity contribution in [3.05, 3.63) is 35.1 Å². The van der Waals surface area contributed by atoms with E-state index in [0.717, 1.165) is 24.0 Å². The second kappa shape index (κ2) is 5.26. The fourth-order valence-corrected chi connectivity index (χ4v) is 1.83. The van der Waals surface area contributed by atoms with Crippen LogP contribution < -0.4 is 5.73 Å². The molecule has 0 aliphatic rings. The van der Waals surface area contributed by atoms with Gasteiger partial charge in [-0.25, -0.2) is 4.39 Å². The minimum absolute atomic E-state index is 0.130. The molecule has 0 fully saturated rings. The summed E-state index contributed by atoms with van der Waals surface area (Å²) in [4.78, 5) is 0. The third-order valence-corrected chi connectivity index (χ3v) is 2.57. The Kier molecular flexibility index (Phi) is 4.28. The Morgan fingerprint density at radius 3 is 2.60 bits per heavy atom. The van der Waals surface area contributed by atoms with E-state index in [-0.39, 0.29) is 11.9 Å². The number of hydrogen-bond donors (Lipinski definition) is 1. The van der Waals surface area contributed by atoms with Gasteiger partial charge in [0.2, 0.25) is 0 Å². The van der Waals surface area contributed by atoms with Crippen molar-refractivity contribution in [2.75, 3.05) is 0 Å². The van der Waals surface area contributed by atoms with Gasteiger partial charge in [0.1, 0.15) is 5.82 Å². The van der Waals surface area contributed by atoms with Crippen LogP contribution in [0, 0.1) is 18.7 Å². The highest BCUT2D eigenvalue weighted by Crippen LogP contribution is 2.14. The van der Waals surface area contributed by atoms with Crippen molar-refractivity contribution in [2.45, 2.75) is 39.7 Å². The SMILES string of the molecule is Cc1ccc(F)cc1CC(N)CC(C)C. The van der Waals surface area contributed by atoms with Crippen molar-refractivity contribution in [3.63, 3.8) is 0 Å². The van der Waals surface area contributed by atoms with Crippen molar-refractivity contribution in [3.8, 4) is 0 Å². The molecule has 1 atom stereocenters. The Morgan fingerprint density at radius 1 is 1.33 bits per heavy atom. The van der Waals surface area contributed by atoms with Crippen molar-refractivity contribution >= 4 is 0 Å². The van der Waals surface area contributed by atoms with Gasteiger partial charge in [-0.2, -0.15) is 0 Å². The molecule has 0 saturated heterocycles. The van der Waals surface area contributed by atoms with Gasteiger partial charge in [0.15, 0.2) is 0 Å². The molecular formula is C13H20FN. The van der Waals surface area contributed by atoms with Gasteiger partial charge in [0, 0.05) is 6.04 Å². The molecule has 1 aromatic rings. The first kappa shape index (κ1) is 12.2. The van der Waals surface area contributed by atoms with Crippen molar-refractivity contribution in [2.24, 2.45) is 11.7 Å². The summed E-state index contributed by atoms with van der Waals surface area (Å²) < 4.78 is 13.0. The van der Waals surface area contributed by atoms with Crippen LogP contribution >= 0.6 is 0 Å². The van der Waals surface area contributed by atoms with Gasteiger partial charge in [-0.05, 0) is 48.9 Å². The second-order valence-corrected chi connectivity index (χ2v) is 4.66. The number of aryl methyl sites for hydroxylation is 1. The maximum atomic E-state index is 13.0. The average Bonchev–Trinajstić information content (AvgIpc) is 2.10. The van der Waals surface area contributed by atoms with Crippen LogP contribution in [0.5, 0.6) is 0 Å². The molecule has 1 nitrogen and oxygen atoms in total. The van der Waals surface area contributed by atoms with Gasteiger partial charge in [-0.3, -0.25) is 0 Å². The predicted octanol–water partition coefficient (Wildman–Crippen LogP) is 3.05. The lowest BCUT2D eigenvalue weighted by Gasteiger charge is -2.15. The lowest BCUT2D eigenvalue weighted by molar-refractivity contribution is 0.492. The van der Waals surface area contributed by atoms with E-state index in [1.54, 1.807) is 6.07 Å². The molecule has 0 saturated carbocycles. The zero-order chi connectivity index (χ0) is 11.4. The minimum Gasteiger partial charge on any atom is -0.327 e. The van der Waals surface area contributed by atoms with E-state index in [0.29, 0.717) is 5.92 Å². The lowest BCUT2D eigenvalue weighted by atomic mass is 9.96. The molecule has 15 heavy (non-hydrogen) atoms. The van der Waals surface area contributed by atoms with Gasteiger partial charge in [-0.1, -0.05) is 19.9 Å². The van der Waals surface area contributed by atoms with Crippen LogP contribution in [0.15, 0.2) is 18.2 Å². The summed E-state index contributed by atoms with van der Waals surface area (Å²) in [5.41, 5.74) is 8.15. The third kappa shape index (κ3) is 4.00. The summed E-state index contributed by atoms with van der Waals surface area (Å²) in [6, 6.07) is 5.03. The molecule has 0 radical (unpaired) electrons. The van der Waals surface area contributed by atoms with Gasteiger partial charge >= 0.3 is 0 Å². The molecule has 0 aromatic heterocycles. The highest BCUT2D eigenvalue weighted by atomic mass is 19.1. The van der Waals surface area contributed by atoms with Gasteiger partial charge in [-0.15, -0.1) is 0 Å². The summed E-state index contributed by atoms with van der Waals surface area (Å²) >= 11 is 0. The number of benzene rings is 1. The molecule has 0 aliphatic carbocycles. The second-order valence-electron chi connectivity index (χ2n) is 4.66. The fourth-order valence-electron chi connectivity index (χ4n) is 1.83. The maximum absolute atomic E-state index is 13.0. The van der Waals surface area contributed by atoms with Crippen molar-refractivity contribution in [1.82, 2.24) is 0 Å². The summed E-state index contributed by atoms with van der Waals surface area (Å²) in [6.45, 7) is 6.30. The van der Waals surface area contributed by atoms with Gasteiger partial charge < -0.3 is 5.73 Å². The topological polar surface area (TPSA) is 26.0 Å². The monoisotopic (exact) mass is 209 g/mol. The summed E-state index contributed by atoms with van der Waals surface area (Å²) in [7, 11) is 0. The van der Waals surface area contributed by atoms with E-state index in [2.05, 4.69) is 13.8 Å². The minimum atomic E-state index is -0.174. The van der Waals surface area contributed by atoms with Crippen molar-refractivity contribution < 1.29 is 4.39 Å². The Balaban J connectivity index is 2.67. The molecule has 0 bridgehead atoms. The maximum Gasteiger partial charge on any atom is 0.123 e. The molecule has 2 N–H and O–H groups in total. The molecule has 0 aliphatic heterocycles. The van der Waals surface area contributed by atoms with E-state index in [1.807, 2.05) is 13.0 Å². The van der Waals surface area contributed by atoms with Crippen LogP contribution in [0.3, 0.4) is 0 Å². The smallest absolute Gasteiger partial charge is 0.123 e. The third-order valence-electron chi connectivity index (χ3n) is 2.57. The molecule has 0 heterocycles. The van der Waals surface area contributed by atoms with Crippen LogP contribution in [0.4, 0.5) is 4.39 Å². The van der Waals surface area contributed by atoms with Crippen LogP contribution in [-0.2, 0) is 6.42 Å². The Hall–Kier alpha value is -0.890. The molecule has 0 amide bonds. The van der Waals surface area contributed by atoms with E-state index >= 15 is 0 Å². The summed E-state index contributed by atoms with van der Waals surface area (Å²) in [6.07, 6.45) is 1.75. The Labute approximate surface area is 91.5 Å². The van der Waals surface area contributed by atoms with E-state index in [9.17, 15) is 4.39 Å². The largest absolute Gasteiger partial charge is 0.327 e.